The molecule has 0 rings (SSSR count). The normalized spacial score (nSPS) is 13.2. The van der Waals surface area contributed by atoms with Crippen molar-refractivity contribution in [1.82, 2.24) is 10.3 Å². The first-order chi connectivity index (χ1) is 7.22. The number of nitrogens with two attached hydrogens (primary N) is 1. The van der Waals surface area contributed by atoms with Crippen LogP contribution in [0.25, 0.3) is 0 Å². The average Bonchev–Trinajstić information content (AvgIpc) is 2.07. The molecule has 0 aromatic rings. The maximum absolute atomic E-state index is 10.6. The van der Waals surface area contributed by atoms with Gasteiger partial charge in [0.25, 0.3) is 0 Å². The highest BCUT2D eigenvalue weighted by atomic mass is 28.4. The van der Waals surface area contributed by atoms with Crippen LogP contribution in [0.15, 0.2) is 0 Å². The molecule has 0 heterocycles. The van der Waals surface area contributed by atoms with E-state index < -0.39 is 21.0 Å². The summed E-state index contributed by atoms with van der Waals surface area (Å²) in [6, 6.07) is -1.25. The third kappa shape index (κ3) is 8.13. The molecule has 0 saturated heterocycles. The molecule has 0 aromatic heterocycles. The molecule has 0 aromatic carbocycles. The van der Waals surface area contributed by atoms with Gasteiger partial charge in [0.1, 0.15) is 6.04 Å². The number of aliphatic carboxylic acids is 1. The first-order valence-electron chi connectivity index (χ1n) is 4.48. The van der Waals surface area contributed by atoms with Gasteiger partial charge in [-0.3, -0.25) is 15.2 Å². The van der Waals surface area contributed by atoms with Crippen molar-refractivity contribution in [3.8, 4) is 0 Å². The molecule has 0 aliphatic rings. The van der Waals surface area contributed by atoms with E-state index in [1.54, 1.807) is 0 Å². The predicted octanol–water partition coefficient (Wildman–Crippen LogP) is -3.30. The summed E-state index contributed by atoms with van der Waals surface area (Å²) in [4.78, 5) is 38.5. The van der Waals surface area contributed by atoms with Crippen molar-refractivity contribution in [3.05, 3.63) is 0 Å². The van der Waals surface area contributed by atoms with Crippen LogP contribution in [0.4, 0.5) is 0 Å². The van der Waals surface area contributed by atoms with Gasteiger partial charge in [-0.15, -0.1) is 0 Å². The van der Waals surface area contributed by atoms with Crippen LogP contribution in [0.2, 0.25) is 0 Å². The van der Waals surface area contributed by atoms with Crippen molar-refractivity contribution in [2.45, 2.75) is 18.9 Å². The lowest BCUT2D eigenvalue weighted by Gasteiger charge is -2.18. The van der Waals surface area contributed by atoms with Gasteiger partial charge in [0.15, 0.2) is 5.96 Å². The molecule has 9 nitrogen and oxygen atoms in total. The van der Waals surface area contributed by atoms with E-state index in [-0.39, 0.29) is 18.9 Å². The maximum atomic E-state index is 10.6. The van der Waals surface area contributed by atoms with Crippen LogP contribution < -0.4 is 16.0 Å². The third-order valence-electron chi connectivity index (χ3n) is 1.65. The summed E-state index contributed by atoms with van der Waals surface area (Å²) in [5.41, 5.74) is 5.00. The number of carbonyl (C=O) groups is 1. The summed E-state index contributed by atoms with van der Waals surface area (Å²) in [6.45, 7) is 0.289. The van der Waals surface area contributed by atoms with E-state index in [1.807, 2.05) is 4.98 Å². The number of carboxylic acids is 1. The molecular weight excluding hydrogens is 236 g/mol. The van der Waals surface area contributed by atoms with Gasteiger partial charge in [-0.1, -0.05) is 0 Å². The Balaban J connectivity index is 3.96. The summed E-state index contributed by atoms with van der Waals surface area (Å²) in [7, 11) is -4.58. The summed E-state index contributed by atoms with van der Waals surface area (Å²) in [5, 5.41) is 18.0. The van der Waals surface area contributed by atoms with Crippen LogP contribution in [0.5, 0.6) is 0 Å². The molecule has 0 fully saturated rings. The van der Waals surface area contributed by atoms with E-state index in [0.29, 0.717) is 6.42 Å². The monoisotopic (exact) mass is 252 g/mol. The Bertz CT molecular complexity index is 256. The number of rotatable bonds is 7. The fourth-order valence-electron chi connectivity index (χ4n) is 1.02. The Morgan fingerprint density at radius 1 is 1.44 bits per heavy atom. The standard InChI is InChI=1S/C6H16N4O5Si/c7-6(8)9-3-1-2-4(5(11)12)10-16(13,14)15/h4,10,13-15H,1-3H2,(H,11,12)(H4,7,8,9)/t4-/m0/s1. The largest absolute Gasteiger partial charge is 0.589 e. The molecule has 0 radical (unpaired) electrons. The first-order valence-corrected chi connectivity index (χ1v) is 6.32. The fourth-order valence-corrected chi connectivity index (χ4v) is 1.76. The zero-order chi connectivity index (χ0) is 12.8. The van der Waals surface area contributed by atoms with Crippen LogP contribution in [-0.2, 0) is 4.79 Å². The summed E-state index contributed by atoms with van der Waals surface area (Å²) >= 11 is 0. The minimum atomic E-state index is -4.58. The van der Waals surface area contributed by atoms with E-state index in [0.717, 1.165) is 0 Å². The zero-order valence-corrected chi connectivity index (χ0v) is 9.47. The SMILES string of the molecule is N=C(N)NCCC[C@H](N[Si](O)(O)O)C(=O)O. The Morgan fingerprint density at radius 2 is 2.00 bits per heavy atom. The number of nitrogens with one attached hydrogen (secondary N) is 3. The lowest BCUT2D eigenvalue weighted by molar-refractivity contribution is -0.139. The molecule has 94 valence electrons. The highest BCUT2D eigenvalue weighted by molar-refractivity contribution is 6.53. The quantitative estimate of drug-likeness (QED) is 0.101. The summed E-state index contributed by atoms with van der Waals surface area (Å²) < 4.78 is 0. The molecule has 0 saturated carbocycles. The van der Waals surface area contributed by atoms with Crippen molar-refractivity contribution in [2.24, 2.45) is 5.73 Å². The minimum Gasteiger partial charge on any atom is -0.480 e. The van der Waals surface area contributed by atoms with Crippen LogP contribution in [-0.4, -0.2) is 53.0 Å². The molecule has 9 N–H and O–H groups in total. The second-order valence-electron chi connectivity index (χ2n) is 3.15. The smallest absolute Gasteiger partial charge is 0.480 e. The Hall–Kier alpha value is -1.20. The molecule has 16 heavy (non-hydrogen) atoms. The summed E-state index contributed by atoms with van der Waals surface area (Å²) in [5.74, 6) is -1.52. The Labute approximate surface area is 92.9 Å². The van der Waals surface area contributed by atoms with Gasteiger partial charge in [-0.05, 0) is 12.8 Å². The highest BCUT2D eigenvalue weighted by Crippen LogP contribution is 1.99. The van der Waals surface area contributed by atoms with Crippen molar-refractivity contribution in [1.29, 1.82) is 5.41 Å². The van der Waals surface area contributed by atoms with E-state index in [1.165, 1.54) is 0 Å². The molecule has 0 aliphatic carbocycles. The molecule has 0 spiro atoms. The van der Waals surface area contributed by atoms with Crippen LogP contribution in [0, 0.1) is 5.41 Å². The number of hydrogen-bond donors (Lipinski definition) is 8. The van der Waals surface area contributed by atoms with Crippen LogP contribution >= 0.6 is 0 Å². The fraction of sp³-hybridized carbons (Fsp3) is 0.667. The van der Waals surface area contributed by atoms with Crippen LogP contribution in [0.3, 0.4) is 0 Å². The minimum absolute atomic E-state index is 0.0616. The average molecular weight is 252 g/mol. The molecule has 0 aliphatic heterocycles. The Kier molecular flexibility index (Phi) is 5.91. The second kappa shape index (κ2) is 6.39. The molecule has 1 atom stereocenters. The second-order valence-corrected chi connectivity index (χ2v) is 4.71. The van der Waals surface area contributed by atoms with E-state index in [9.17, 15) is 4.79 Å². The maximum Gasteiger partial charge on any atom is 0.589 e. The van der Waals surface area contributed by atoms with E-state index >= 15 is 0 Å². The lowest BCUT2D eigenvalue weighted by atomic mass is 10.2. The zero-order valence-electron chi connectivity index (χ0n) is 8.47. The molecular formula is C6H16N4O5Si. The van der Waals surface area contributed by atoms with Crippen molar-refractivity contribution >= 4 is 20.9 Å². The van der Waals surface area contributed by atoms with Gasteiger partial charge in [-0.25, -0.2) is 0 Å². The summed E-state index contributed by atoms with van der Waals surface area (Å²) in [6.07, 6.45) is 0.403. The number of hydrogen-bond acceptors (Lipinski definition) is 6. The van der Waals surface area contributed by atoms with Gasteiger partial charge in [0.05, 0.1) is 0 Å². The number of guanidine groups is 1. The van der Waals surface area contributed by atoms with Gasteiger partial charge in [0.2, 0.25) is 0 Å². The molecule has 10 heteroatoms. The first kappa shape index (κ1) is 14.8. The highest BCUT2D eigenvalue weighted by Gasteiger charge is 2.34. The topological polar surface area (TPSA) is 172 Å². The number of carboxylic acid groups (broad SMARTS) is 1. The van der Waals surface area contributed by atoms with Crippen molar-refractivity contribution in [2.75, 3.05) is 6.54 Å². The van der Waals surface area contributed by atoms with Gasteiger partial charge in [-0.2, -0.15) is 0 Å². The van der Waals surface area contributed by atoms with Crippen molar-refractivity contribution < 1.29 is 24.3 Å². The molecule has 0 bridgehead atoms. The van der Waals surface area contributed by atoms with E-state index in [4.69, 9.17) is 30.6 Å². The lowest BCUT2D eigenvalue weighted by Crippen LogP contribution is -2.58. The van der Waals surface area contributed by atoms with Crippen molar-refractivity contribution in [3.63, 3.8) is 0 Å². The van der Waals surface area contributed by atoms with Gasteiger partial charge < -0.3 is 30.5 Å². The third-order valence-corrected chi connectivity index (χ3v) is 2.39. The molecule has 0 unspecified atom stereocenters. The van der Waals surface area contributed by atoms with Gasteiger partial charge in [0, 0.05) is 6.54 Å². The van der Waals surface area contributed by atoms with Crippen LogP contribution in [0.1, 0.15) is 12.8 Å². The van der Waals surface area contributed by atoms with E-state index in [2.05, 4.69) is 5.32 Å². The van der Waals surface area contributed by atoms with Gasteiger partial charge >= 0.3 is 14.9 Å². The molecule has 0 amide bonds. The predicted molar refractivity (Wildman–Crippen MR) is 56.1 cm³/mol. The Morgan fingerprint density at radius 3 is 2.38 bits per heavy atom.